The number of rotatable bonds is 5. The van der Waals surface area contributed by atoms with Gasteiger partial charge in [0.15, 0.2) is 12.2 Å². The van der Waals surface area contributed by atoms with E-state index >= 15 is 0 Å². The van der Waals surface area contributed by atoms with Crippen molar-refractivity contribution in [1.29, 1.82) is 0 Å². The zero-order chi connectivity index (χ0) is 20.0. The van der Waals surface area contributed by atoms with Crippen LogP contribution in [0.15, 0.2) is 41.2 Å². The van der Waals surface area contributed by atoms with Crippen molar-refractivity contribution >= 4 is 35.2 Å². The number of benzene rings is 1. The molecule has 28 heavy (non-hydrogen) atoms. The average molecular weight is 404 g/mol. The van der Waals surface area contributed by atoms with Crippen molar-refractivity contribution in [2.75, 3.05) is 31.7 Å². The third kappa shape index (κ3) is 2.75. The zero-order valence-electron chi connectivity index (χ0n) is 16.0. The second-order valence-electron chi connectivity index (χ2n) is 6.83. The maximum absolute atomic E-state index is 13.2. The number of aliphatic imine (C=N–C) groups is 1. The fourth-order valence-corrected chi connectivity index (χ4v) is 4.01. The molecule has 0 saturated carbocycles. The van der Waals surface area contributed by atoms with Gasteiger partial charge >= 0.3 is 6.03 Å². The fraction of sp³-hybridized carbons (Fsp3) is 0.421. The van der Waals surface area contributed by atoms with E-state index in [1.165, 1.54) is 9.80 Å². The SMILES string of the molecule is CCOCCN1C(=O)C2C(N=C3N(c4ccccc4Cl)C(C)=CN32)N(C)C1=O. The molecule has 0 aliphatic carbocycles. The molecule has 2 atom stereocenters. The molecule has 148 valence electrons. The number of para-hydroxylation sites is 1. The third-order valence-electron chi connectivity index (χ3n) is 5.14. The molecule has 4 rings (SSSR count). The van der Waals surface area contributed by atoms with Crippen molar-refractivity contribution < 1.29 is 14.3 Å². The highest BCUT2D eigenvalue weighted by molar-refractivity contribution is 6.34. The van der Waals surface area contributed by atoms with Crippen LogP contribution in [0.5, 0.6) is 0 Å². The first kappa shape index (κ1) is 18.8. The highest BCUT2D eigenvalue weighted by Gasteiger charge is 2.54. The van der Waals surface area contributed by atoms with Crippen molar-refractivity contribution in [3.05, 3.63) is 41.2 Å². The van der Waals surface area contributed by atoms with E-state index in [0.717, 1.165) is 11.4 Å². The monoisotopic (exact) mass is 403 g/mol. The Labute approximate surface area is 168 Å². The van der Waals surface area contributed by atoms with Gasteiger partial charge in [0.2, 0.25) is 5.96 Å². The van der Waals surface area contributed by atoms with Gasteiger partial charge in [0.05, 0.1) is 23.9 Å². The Morgan fingerprint density at radius 2 is 2.00 bits per heavy atom. The normalized spacial score (nSPS) is 23.9. The molecule has 3 heterocycles. The van der Waals surface area contributed by atoms with E-state index in [0.29, 0.717) is 24.2 Å². The Morgan fingerprint density at radius 3 is 2.71 bits per heavy atom. The first-order chi connectivity index (χ1) is 13.5. The van der Waals surface area contributed by atoms with Gasteiger partial charge < -0.3 is 14.5 Å². The molecule has 1 saturated heterocycles. The lowest BCUT2D eigenvalue weighted by Gasteiger charge is -2.40. The molecule has 3 aliphatic rings. The molecular weight excluding hydrogens is 382 g/mol. The molecule has 0 N–H and O–H groups in total. The zero-order valence-corrected chi connectivity index (χ0v) is 16.8. The van der Waals surface area contributed by atoms with Crippen LogP contribution in [0.4, 0.5) is 10.5 Å². The largest absolute Gasteiger partial charge is 0.380 e. The van der Waals surface area contributed by atoms with Crippen molar-refractivity contribution in [2.45, 2.75) is 26.1 Å². The molecule has 1 fully saturated rings. The van der Waals surface area contributed by atoms with Crippen LogP contribution in [0.3, 0.4) is 0 Å². The third-order valence-corrected chi connectivity index (χ3v) is 5.46. The van der Waals surface area contributed by atoms with E-state index in [1.54, 1.807) is 7.05 Å². The van der Waals surface area contributed by atoms with Gasteiger partial charge in [0, 0.05) is 25.6 Å². The average Bonchev–Trinajstić information content (AvgIpc) is 3.18. The Bertz CT molecular complexity index is 886. The number of guanidine groups is 1. The Hall–Kier alpha value is -2.58. The van der Waals surface area contributed by atoms with Crippen LogP contribution in [0, 0.1) is 0 Å². The van der Waals surface area contributed by atoms with Crippen LogP contribution < -0.4 is 4.90 Å². The van der Waals surface area contributed by atoms with Crippen molar-refractivity contribution in [1.82, 2.24) is 14.7 Å². The van der Waals surface area contributed by atoms with Crippen molar-refractivity contribution in [2.24, 2.45) is 4.99 Å². The number of hydrogen-bond donors (Lipinski definition) is 0. The topological polar surface area (TPSA) is 68.7 Å². The van der Waals surface area contributed by atoms with Gasteiger partial charge in [0.1, 0.15) is 0 Å². The molecule has 9 heteroatoms. The minimum Gasteiger partial charge on any atom is -0.380 e. The van der Waals surface area contributed by atoms with Crippen LogP contribution >= 0.6 is 11.6 Å². The number of urea groups is 1. The lowest BCUT2D eigenvalue weighted by molar-refractivity contribution is -0.137. The predicted octanol–water partition coefficient (Wildman–Crippen LogP) is 2.32. The van der Waals surface area contributed by atoms with Gasteiger partial charge in [-0.3, -0.25) is 14.6 Å². The number of imide groups is 1. The summed E-state index contributed by atoms with van der Waals surface area (Å²) in [5, 5.41) is 0.587. The van der Waals surface area contributed by atoms with Crippen molar-refractivity contribution in [3.63, 3.8) is 0 Å². The van der Waals surface area contributed by atoms with Crippen LogP contribution in [-0.4, -0.2) is 71.6 Å². The van der Waals surface area contributed by atoms with Crippen LogP contribution in [0.1, 0.15) is 13.8 Å². The maximum atomic E-state index is 13.2. The highest BCUT2D eigenvalue weighted by atomic mass is 35.5. The maximum Gasteiger partial charge on any atom is 0.328 e. The molecule has 1 aromatic rings. The summed E-state index contributed by atoms with van der Waals surface area (Å²) in [7, 11) is 1.67. The summed E-state index contributed by atoms with van der Waals surface area (Å²) in [6.07, 6.45) is 1.31. The highest BCUT2D eigenvalue weighted by Crippen LogP contribution is 2.38. The van der Waals surface area contributed by atoms with Gasteiger partial charge in [-0.2, -0.15) is 0 Å². The van der Waals surface area contributed by atoms with E-state index in [4.69, 9.17) is 21.3 Å². The summed E-state index contributed by atoms with van der Waals surface area (Å²) in [4.78, 5) is 37.1. The van der Waals surface area contributed by atoms with Gasteiger partial charge in [-0.15, -0.1) is 0 Å². The van der Waals surface area contributed by atoms with E-state index in [9.17, 15) is 9.59 Å². The number of likely N-dealkylation sites (N-methyl/N-ethyl adjacent to an activating group) is 1. The van der Waals surface area contributed by atoms with Gasteiger partial charge in [-0.25, -0.2) is 9.79 Å². The lowest BCUT2D eigenvalue weighted by atomic mass is 10.1. The standard InChI is InChI=1S/C19H22ClN5O3/c1-4-28-10-9-23-17(26)15-16(22(3)19(23)27)21-18-24(15)11-12(2)25(18)14-8-6-5-7-13(14)20/h5-8,11,15-16H,4,9-10H2,1-3H3. The quantitative estimate of drug-likeness (QED) is 0.706. The summed E-state index contributed by atoms with van der Waals surface area (Å²) in [5.74, 6) is 0.330. The lowest BCUT2D eigenvalue weighted by Crippen LogP contribution is -2.64. The van der Waals surface area contributed by atoms with Gasteiger partial charge in [-0.05, 0) is 26.0 Å². The Morgan fingerprint density at radius 1 is 1.25 bits per heavy atom. The van der Waals surface area contributed by atoms with E-state index < -0.39 is 12.2 Å². The smallest absolute Gasteiger partial charge is 0.328 e. The summed E-state index contributed by atoms with van der Waals surface area (Å²) in [5.41, 5.74) is 1.69. The molecule has 0 spiro atoms. The second kappa shape index (κ2) is 7.10. The van der Waals surface area contributed by atoms with Gasteiger partial charge in [-0.1, -0.05) is 23.7 Å². The molecule has 2 unspecified atom stereocenters. The van der Waals surface area contributed by atoms with Crippen LogP contribution in [0.25, 0.3) is 0 Å². The first-order valence-corrected chi connectivity index (χ1v) is 9.58. The van der Waals surface area contributed by atoms with E-state index in [2.05, 4.69) is 0 Å². The molecule has 8 nitrogen and oxygen atoms in total. The molecule has 0 bridgehead atoms. The number of carbonyl (C=O) groups excluding carboxylic acids is 2. The number of fused-ring (bicyclic) bond motifs is 3. The summed E-state index contributed by atoms with van der Waals surface area (Å²) in [6, 6.07) is 6.52. The van der Waals surface area contributed by atoms with Gasteiger partial charge in [0.25, 0.3) is 5.91 Å². The summed E-state index contributed by atoms with van der Waals surface area (Å²) < 4.78 is 5.33. The first-order valence-electron chi connectivity index (χ1n) is 9.20. The minimum absolute atomic E-state index is 0.221. The van der Waals surface area contributed by atoms with Crippen LogP contribution in [-0.2, 0) is 9.53 Å². The fourth-order valence-electron chi connectivity index (χ4n) is 3.79. The number of nitrogens with zero attached hydrogens (tertiary/aromatic N) is 5. The number of ether oxygens (including phenoxy) is 1. The molecule has 0 aromatic heterocycles. The van der Waals surface area contributed by atoms with Crippen molar-refractivity contribution in [3.8, 4) is 0 Å². The predicted molar refractivity (Wildman–Crippen MR) is 106 cm³/mol. The molecule has 3 amide bonds. The number of allylic oxidation sites excluding steroid dienone is 1. The molecule has 0 radical (unpaired) electrons. The summed E-state index contributed by atoms with van der Waals surface area (Å²) in [6.45, 7) is 4.88. The molecule has 3 aliphatic heterocycles. The summed E-state index contributed by atoms with van der Waals surface area (Å²) >= 11 is 6.39. The number of amides is 3. The van der Waals surface area contributed by atoms with E-state index in [-0.39, 0.29) is 18.5 Å². The molecule has 1 aromatic carbocycles. The number of anilines is 1. The Balaban J connectivity index is 1.66. The number of hydrogen-bond acceptors (Lipinski definition) is 6. The number of halogens is 1. The molecular formula is C19H22ClN5O3. The number of carbonyl (C=O) groups is 2. The van der Waals surface area contributed by atoms with E-state index in [1.807, 2.05) is 54.1 Å². The minimum atomic E-state index is -0.596. The van der Waals surface area contributed by atoms with Crippen LogP contribution in [0.2, 0.25) is 5.02 Å². The Kier molecular flexibility index (Phi) is 4.76. The second-order valence-corrected chi connectivity index (χ2v) is 7.24.